The molecule has 0 fully saturated rings. The largest absolute Gasteiger partial charge is 0.573 e. The summed E-state index contributed by atoms with van der Waals surface area (Å²) in [4.78, 5) is 0. The first-order valence-corrected chi connectivity index (χ1v) is 9.24. The van der Waals surface area contributed by atoms with Gasteiger partial charge in [-0.3, -0.25) is 0 Å². The molecule has 1 rings (SSSR count). The molecule has 0 aliphatic carbocycles. The molecule has 0 saturated carbocycles. The Morgan fingerprint density at radius 3 is 1.57 bits per heavy atom. The van der Waals surface area contributed by atoms with E-state index in [9.17, 15) is 13.2 Å². The van der Waals surface area contributed by atoms with Crippen LogP contribution in [0.2, 0.25) is 0 Å². The summed E-state index contributed by atoms with van der Waals surface area (Å²) in [6, 6.07) is 6.11. The van der Waals surface area contributed by atoms with Crippen molar-refractivity contribution in [1.82, 2.24) is 0 Å². The summed E-state index contributed by atoms with van der Waals surface area (Å²) >= 11 is 6.29. The molecular formula is C16H23ClF3OPPd. The topological polar surface area (TPSA) is 9.23 Å². The SMILES string of the molecule is CC(C)(C)[P+]([CH-]Cl)(c1ccc(OC(F)(F)F)cc1)C(C)(C)C.[Pd]. The number of alkyl halides is 3. The van der Waals surface area contributed by atoms with Crippen LogP contribution >= 0.6 is 18.9 Å². The van der Waals surface area contributed by atoms with Gasteiger partial charge in [-0.1, -0.05) is 12.9 Å². The molecule has 0 aromatic heterocycles. The van der Waals surface area contributed by atoms with E-state index < -0.39 is 13.6 Å². The van der Waals surface area contributed by atoms with Crippen LogP contribution in [-0.4, -0.2) is 16.7 Å². The second-order valence-corrected chi connectivity index (χ2v) is 12.6. The normalized spacial score (nSPS) is 13.5. The number of hydrogen-bond donors (Lipinski definition) is 0. The number of benzene rings is 1. The molecule has 0 bridgehead atoms. The molecule has 0 amide bonds. The molecular weight excluding hydrogens is 438 g/mol. The molecule has 0 radical (unpaired) electrons. The third kappa shape index (κ3) is 5.08. The van der Waals surface area contributed by atoms with Gasteiger partial charge in [-0.25, -0.2) is 0 Å². The zero-order valence-electron chi connectivity index (χ0n) is 14.1. The first kappa shape index (κ1) is 23.2. The fraction of sp³-hybridized carbons (Fsp3) is 0.562. The van der Waals surface area contributed by atoms with Crippen LogP contribution < -0.4 is 10.0 Å². The molecule has 0 saturated heterocycles. The summed E-state index contributed by atoms with van der Waals surface area (Å²) in [5.41, 5.74) is 1.74. The molecule has 23 heavy (non-hydrogen) atoms. The zero-order valence-corrected chi connectivity index (χ0v) is 17.3. The average molecular weight is 461 g/mol. The third-order valence-corrected chi connectivity index (χ3v) is 10.3. The number of hydrogen-bond acceptors (Lipinski definition) is 1. The van der Waals surface area contributed by atoms with Gasteiger partial charge in [0.1, 0.15) is 5.75 Å². The fourth-order valence-electron chi connectivity index (χ4n) is 3.01. The Balaban J connectivity index is 0.00000484. The number of halogens is 4. The van der Waals surface area contributed by atoms with Crippen LogP contribution in [0.4, 0.5) is 13.2 Å². The maximum absolute atomic E-state index is 12.3. The maximum Gasteiger partial charge on any atom is 0.573 e. The van der Waals surface area contributed by atoms with Gasteiger partial charge in [-0.15, -0.1) is 13.2 Å². The Morgan fingerprint density at radius 2 is 1.30 bits per heavy atom. The van der Waals surface area contributed by atoms with Crippen molar-refractivity contribution in [3.63, 3.8) is 0 Å². The van der Waals surface area contributed by atoms with Gasteiger partial charge in [0.2, 0.25) is 0 Å². The van der Waals surface area contributed by atoms with E-state index in [0.717, 1.165) is 5.30 Å². The van der Waals surface area contributed by atoms with Gasteiger partial charge < -0.3 is 16.3 Å². The van der Waals surface area contributed by atoms with Crippen molar-refractivity contribution >= 4 is 24.2 Å². The summed E-state index contributed by atoms with van der Waals surface area (Å²) < 4.78 is 40.8. The van der Waals surface area contributed by atoms with Gasteiger partial charge >= 0.3 is 6.36 Å². The minimum absolute atomic E-state index is 0. The van der Waals surface area contributed by atoms with E-state index >= 15 is 0 Å². The first-order valence-electron chi connectivity index (χ1n) is 6.94. The molecule has 7 heteroatoms. The molecule has 0 atom stereocenters. The van der Waals surface area contributed by atoms with E-state index in [0.29, 0.717) is 0 Å². The Bertz CT molecular complexity index is 490. The van der Waals surface area contributed by atoms with E-state index in [4.69, 9.17) is 11.6 Å². The van der Waals surface area contributed by atoms with E-state index in [1.165, 1.54) is 12.1 Å². The van der Waals surface area contributed by atoms with Crippen molar-refractivity contribution in [3.8, 4) is 5.75 Å². The van der Waals surface area contributed by atoms with Gasteiger partial charge in [0, 0.05) is 20.4 Å². The van der Waals surface area contributed by atoms with Crippen LogP contribution in [0.25, 0.3) is 0 Å². The van der Waals surface area contributed by atoms with Crippen LogP contribution in [0.3, 0.4) is 0 Å². The first-order chi connectivity index (χ1) is 9.74. The minimum atomic E-state index is -4.68. The monoisotopic (exact) mass is 460 g/mol. The van der Waals surface area contributed by atoms with Crippen molar-refractivity contribution in [3.05, 3.63) is 29.9 Å². The Kier molecular flexibility index (Phi) is 7.67. The summed E-state index contributed by atoms with van der Waals surface area (Å²) in [5, 5.41) is 0.746. The summed E-state index contributed by atoms with van der Waals surface area (Å²) in [5.74, 6) is -0.216. The molecule has 0 unspecified atom stereocenters. The molecule has 1 aromatic rings. The van der Waals surface area contributed by atoms with Crippen molar-refractivity contribution in [1.29, 1.82) is 0 Å². The van der Waals surface area contributed by atoms with Gasteiger partial charge in [0.05, 0.1) is 15.6 Å². The molecule has 136 valence electrons. The molecule has 0 N–H and O–H groups in total. The molecule has 1 nitrogen and oxygen atoms in total. The fourth-order valence-corrected chi connectivity index (χ4v) is 9.99. The van der Waals surface area contributed by atoms with E-state index in [2.05, 4.69) is 46.3 Å². The van der Waals surface area contributed by atoms with Crippen molar-refractivity contribution in [2.24, 2.45) is 0 Å². The van der Waals surface area contributed by atoms with E-state index in [1.54, 1.807) is 17.8 Å². The van der Waals surface area contributed by atoms with Crippen molar-refractivity contribution < 1.29 is 38.3 Å². The molecule has 0 spiro atoms. The summed E-state index contributed by atoms with van der Waals surface area (Å²) in [6.07, 6.45) is -4.68. The summed E-state index contributed by atoms with van der Waals surface area (Å²) in [6.45, 7) is 12.7. The van der Waals surface area contributed by atoms with E-state index in [-0.39, 0.29) is 36.5 Å². The average Bonchev–Trinajstić information content (AvgIpc) is 2.27. The molecule has 0 aliphatic rings. The maximum atomic E-state index is 12.3. The quantitative estimate of drug-likeness (QED) is 0.297. The second-order valence-electron chi connectivity index (χ2n) is 7.20. The second kappa shape index (κ2) is 7.61. The molecule has 0 heterocycles. The predicted molar refractivity (Wildman–Crippen MR) is 89.3 cm³/mol. The predicted octanol–water partition coefficient (Wildman–Crippen LogP) is 6.18. The van der Waals surface area contributed by atoms with Crippen LogP contribution in [0.15, 0.2) is 24.3 Å². The zero-order chi connectivity index (χ0) is 17.4. The number of ether oxygens (including phenoxy) is 1. The van der Waals surface area contributed by atoms with Gasteiger partial charge in [0.25, 0.3) is 0 Å². The van der Waals surface area contributed by atoms with Crippen LogP contribution in [0.1, 0.15) is 41.5 Å². The van der Waals surface area contributed by atoms with Gasteiger partial charge in [-0.2, -0.15) is 0 Å². The van der Waals surface area contributed by atoms with Gasteiger partial charge in [-0.05, 0) is 65.8 Å². The standard InChI is InChI=1S/C16H23ClF3OP.Pd/c1-14(2,3)22(11-17,15(4,5)6)13-9-7-12(8-10-13)21-16(18,19)20;/h7-11H,1-6H3;. The minimum Gasteiger partial charge on any atom is -0.406 e. The van der Waals surface area contributed by atoms with Crippen LogP contribution in [0.5, 0.6) is 5.75 Å². The molecule has 0 aliphatic heterocycles. The Morgan fingerprint density at radius 1 is 0.913 bits per heavy atom. The van der Waals surface area contributed by atoms with Crippen LogP contribution in [0, 0.1) is 5.62 Å². The Labute approximate surface area is 156 Å². The smallest absolute Gasteiger partial charge is 0.406 e. The van der Waals surface area contributed by atoms with Crippen molar-refractivity contribution in [2.75, 3.05) is 0 Å². The summed E-state index contributed by atoms with van der Waals surface area (Å²) in [7, 11) is -1.96. The van der Waals surface area contributed by atoms with Crippen molar-refractivity contribution in [2.45, 2.75) is 58.2 Å². The Hall–Kier alpha value is 0.192. The van der Waals surface area contributed by atoms with E-state index in [1.807, 2.05) is 0 Å². The molecule has 1 aromatic carbocycles. The number of rotatable bonds is 3. The third-order valence-electron chi connectivity index (χ3n) is 3.74. The van der Waals surface area contributed by atoms with Crippen LogP contribution in [-0.2, 0) is 20.4 Å². The van der Waals surface area contributed by atoms with Gasteiger partial charge in [0.15, 0.2) is 0 Å².